The third-order valence-corrected chi connectivity index (χ3v) is 28.4. The predicted octanol–water partition coefficient (Wildman–Crippen LogP) is -26.6. The van der Waals surface area contributed by atoms with E-state index in [4.69, 9.17) is 0 Å². The number of hydrogen-bond donors (Lipinski definition) is 1. The fourth-order valence-corrected chi connectivity index (χ4v) is 21.0. The van der Waals surface area contributed by atoms with E-state index >= 15 is 0 Å². The van der Waals surface area contributed by atoms with Crippen molar-refractivity contribution in [2.75, 3.05) is 101 Å². The first-order valence-corrected chi connectivity index (χ1v) is 49.3. The van der Waals surface area contributed by atoms with Crippen molar-refractivity contribution in [1.82, 2.24) is 20.0 Å². The lowest BCUT2D eigenvalue weighted by Crippen LogP contribution is -3.00. The van der Waals surface area contributed by atoms with Gasteiger partial charge in [-0.1, -0.05) is 157 Å². The summed E-state index contributed by atoms with van der Waals surface area (Å²) in [5.74, 6) is 3.33. The highest BCUT2D eigenvalue weighted by atomic mass is 79.9. The van der Waals surface area contributed by atoms with E-state index in [1.165, 1.54) is 236 Å². The summed E-state index contributed by atoms with van der Waals surface area (Å²) in [6.07, 6.45) is 70.2. The number of piperidine rings is 6. The number of H-pyrrole nitrogens is 1. The molecule has 7 aliphatic heterocycles. The molecule has 802 valence electrons. The number of quaternary nitrogens is 2. The van der Waals surface area contributed by atoms with Gasteiger partial charge in [0.15, 0.2) is 74.9 Å². The third-order valence-electron chi connectivity index (χ3n) is 28.4. The van der Waals surface area contributed by atoms with Crippen molar-refractivity contribution in [3.8, 4) is 11.4 Å². The van der Waals surface area contributed by atoms with Gasteiger partial charge in [-0.05, 0) is 157 Å². The zero-order valence-corrected chi connectivity index (χ0v) is 106. The van der Waals surface area contributed by atoms with Crippen LogP contribution in [0.15, 0.2) is 177 Å². The van der Waals surface area contributed by atoms with Crippen LogP contribution in [-0.2, 0) is 39.6 Å². The molecule has 0 aliphatic carbocycles. The fourth-order valence-electron chi connectivity index (χ4n) is 21.0. The van der Waals surface area contributed by atoms with Crippen LogP contribution >= 0.6 is 0 Å². The Hall–Kier alpha value is -1.40. The van der Waals surface area contributed by atoms with E-state index in [9.17, 15) is 0 Å². The Kier molecular flexibility index (Phi) is 92.2. The van der Waals surface area contributed by atoms with E-state index in [1.807, 2.05) is 101 Å². The molecule has 7 fully saturated rings. The van der Waals surface area contributed by atoms with Gasteiger partial charge in [0.05, 0.1) is 61.5 Å². The summed E-state index contributed by atoms with van der Waals surface area (Å²) in [4.78, 5) is 15.5. The number of tetrazole rings is 1. The maximum absolute atomic E-state index is 4.54. The Morgan fingerprint density at radius 3 is 1.26 bits per heavy atom. The highest BCUT2D eigenvalue weighted by Crippen LogP contribution is 2.54. The van der Waals surface area contributed by atoms with E-state index in [2.05, 4.69) is 277 Å². The van der Waals surface area contributed by atoms with Crippen molar-refractivity contribution in [1.29, 1.82) is 0 Å². The average molecular weight is 2600 g/mol. The van der Waals surface area contributed by atoms with Gasteiger partial charge in [0.2, 0.25) is 6.33 Å². The standard InChI is InChI=1S/C19H33N2.C15H15N4.C15H27N2.C14H25N2.C14H26N.C13H24N.C12H21N2.C4H6N2.8BrH.8ClH/c1-4-6-7-18(5-2)16-20-12-10-19(11-13-20)21-14-8-17(3)9-15-21;1-2-15-16-18(13-9-5-3-6-10-13)19(17-15)14-11-7-4-8-12-14;1-4-5-6-7-8-9-12-17-13-10-15(11-14-17)16(2)3;1-5-6-7-13(2)12-16-10-8-14(9-11-16)15(3)4;1-13-7-6-10-14-8-2-4-11-15(13,14)12-5-3-9-14;1-12-6-9-13-7-2-4-10-14(12,13)11-5-3-8-13;1-12(2,3)10-14-8-6-11(7-9-14)13(4)5;1-6-3-2-5-4-6;;;;;;;;;;;;;;;;/h10-13,17-18H,4-9,14-16H2,1-3H3;3-12H,2H2,1H3;10-11,13-14H,4-9,12H2,1-3H3;8-11,13H,5-7,12H2,1-4H3;13H,2-12H2,1H3;12H,2-11H2,1H3;6-9H,10H2,1-5H3;2-4H,1H3;16*1H/q7*+1;;;;;;;;;;;;;;;;;/p-15/t;;;;13-,14?,15?;12-,13?,14?;;;;;;;;;;;;;;;;;;/m....00................../s1. The second-order valence-electron chi connectivity index (χ2n) is 39.7. The van der Waals surface area contributed by atoms with E-state index in [0.29, 0.717) is 5.41 Å². The molecule has 8 aromatic rings. The Labute approximate surface area is 974 Å². The molecule has 7 saturated heterocycles. The fraction of sp³-hybridized carbons (Fsp3) is 0.660. The van der Waals surface area contributed by atoms with Gasteiger partial charge in [0, 0.05) is 206 Å². The maximum Gasteiger partial charge on any atom is 0.309 e. The summed E-state index contributed by atoms with van der Waals surface area (Å²) in [6, 6.07) is 39.6. The topological polar surface area (TPSA) is 82.7 Å². The van der Waals surface area contributed by atoms with Crippen LogP contribution in [0.5, 0.6) is 0 Å². The minimum Gasteiger partial charge on any atom is -1.00 e. The number of benzene rings is 2. The lowest BCUT2D eigenvalue weighted by atomic mass is 9.69. The summed E-state index contributed by atoms with van der Waals surface area (Å²) in [5.41, 5.74) is 9.04. The summed E-state index contributed by atoms with van der Waals surface area (Å²) in [5, 5.41) is 9.09. The van der Waals surface area contributed by atoms with Crippen LogP contribution in [0.2, 0.25) is 0 Å². The average Bonchev–Trinajstić information content (AvgIpc) is 1.42. The molecule has 0 spiro atoms. The van der Waals surface area contributed by atoms with E-state index in [-0.39, 0.29) is 235 Å². The van der Waals surface area contributed by atoms with Gasteiger partial charge < -0.3 is 264 Å². The molecule has 6 aromatic heterocycles. The van der Waals surface area contributed by atoms with Gasteiger partial charge in [-0.3, -0.25) is 4.98 Å². The minimum absolute atomic E-state index is 0. The Balaban J connectivity index is -0.000000196. The highest BCUT2D eigenvalue weighted by Gasteiger charge is 2.60. The molecule has 0 saturated carbocycles. The molecule has 0 amide bonds. The number of anilines is 4. The zero-order chi connectivity index (χ0) is 87.8. The van der Waals surface area contributed by atoms with E-state index < -0.39 is 0 Å². The van der Waals surface area contributed by atoms with Crippen LogP contribution in [0.25, 0.3) is 11.4 Å². The minimum atomic E-state index is 0. The van der Waals surface area contributed by atoms with Gasteiger partial charge in [-0.25, -0.2) is 22.8 Å². The number of halogens is 16. The normalized spacial score (nSPS) is 19.3. The van der Waals surface area contributed by atoms with E-state index in [1.54, 1.807) is 47.5 Å². The van der Waals surface area contributed by atoms with Crippen molar-refractivity contribution in [3.63, 3.8) is 0 Å². The number of hydrogen-bond acceptors (Lipinski definition) is 6. The van der Waals surface area contributed by atoms with Crippen LogP contribution in [0, 0.1) is 23.2 Å². The van der Waals surface area contributed by atoms with Crippen molar-refractivity contribution in [2.45, 2.75) is 344 Å². The number of nitrogens with zero attached hydrogens (tertiary/aromatic N) is 15. The largest absolute Gasteiger partial charge is 1.00 e. The SMILES string of the molecule is CCCCC(C)C[n+]1ccc(N(C)C)cc1.CCCCC(CC)C[n+]1ccc(N2CCC(C)CC2)cc1.CCCCCCCC[n+]1ccc(N(C)C)cc1.CCc1nn(-c2ccccc2)[n+](-c2ccccc2)n1.CN(C)c1cc[n+](CC(C)(C)C)cc1.C[C@H]1CCC23CCCC[N+]12CCCC3.C[C@H]1CCCC23CCCC[N+]12CCCC3.C[n+]1cc[nH]c1.[Br-].[Br-].[Br-].[Br-].[Br-].[Br-].[Br-].[Br-].[Cl-].[Cl-].[Cl-].[Cl-].[Cl-].[Cl-].[Cl-].[Cl-]. The number of nitrogens with one attached hydrogen (secondary N) is 1. The Morgan fingerprint density at radius 1 is 0.442 bits per heavy atom. The number of pyridine rings is 4. The first-order chi connectivity index (χ1) is 58.8. The van der Waals surface area contributed by atoms with Crippen LogP contribution in [0.3, 0.4) is 0 Å². The lowest BCUT2D eigenvalue weighted by Gasteiger charge is -2.64. The predicted molar refractivity (Wildman–Crippen MR) is 512 cm³/mol. The molecule has 0 bridgehead atoms. The van der Waals surface area contributed by atoms with Crippen LogP contribution in [0.1, 0.15) is 294 Å². The van der Waals surface area contributed by atoms with Crippen LogP contribution < -0.4 is 282 Å². The molecular formula is C106H178Br8Cl8N16-8. The second-order valence-corrected chi connectivity index (χ2v) is 39.7. The lowest BCUT2D eigenvalue weighted by molar-refractivity contribution is -1.01. The van der Waals surface area contributed by atoms with Crippen LogP contribution in [-0.4, -0.2) is 134 Å². The molecule has 7 aliphatic rings. The molecule has 4 atom stereocenters. The smallest absolute Gasteiger partial charge is 0.309 e. The van der Waals surface area contributed by atoms with Crippen molar-refractivity contribution in [2.24, 2.45) is 30.2 Å². The number of aromatic nitrogens is 10. The first-order valence-electron chi connectivity index (χ1n) is 49.3. The third kappa shape index (κ3) is 49.8. The van der Waals surface area contributed by atoms with Crippen molar-refractivity contribution in [3.05, 3.63) is 183 Å². The quantitative estimate of drug-likeness (QED) is 0.0330. The van der Waals surface area contributed by atoms with Crippen LogP contribution in [0.4, 0.5) is 22.7 Å². The number of aromatic amines is 1. The molecular weight excluding hydrogens is 2420 g/mol. The van der Waals surface area contributed by atoms with Gasteiger partial charge in [-0.15, -0.1) is 0 Å². The zero-order valence-electron chi connectivity index (χ0n) is 87.3. The highest BCUT2D eigenvalue weighted by molar-refractivity contribution is 5.45. The molecule has 15 rings (SSSR count). The Morgan fingerprint density at radius 2 is 0.848 bits per heavy atom. The number of imidazole rings is 1. The number of aryl methyl sites for hydroxylation is 3. The number of unbranched alkanes of at least 4 members (excludes halogenated alkanes) is 7. The summed E-state index contributed by atoms with van der Waals surface area (Å²) >= 11 is 0. The van der Waals surface area contributed by atoms with E-state index in [0.717, 1.165) is 84.2 Å². The van der Waals surface area contributed by atoms with Gasteiger partial charge in [0.25, 0.3) is 0 Å². The first kappa shape index (κ1) is 154. The van der Waals surface area contributed by atoms with Crippen molar-refractivity contribution < 1.29 is 272 Å². The molecule has 16 nitrogen and oxygen atoms in total. The van der Waals surface area contributed by atoms with Crippen molar-refractivity contribution >= 4 is 22.7 Å². The van der Waals surface area contributed by atoms with Gasteiger partial charge in [-0.2, -0.15) is 0 Å². The maximum atomic E-state index is 4.54. The summed E-state index contributed by atoms with van der Waals surface area (Å²) in [6.45, 7) is 40.7. The molecule has 138 heavy (non-hydrogen) atoms. The monoisotopic (exact) mass is 2590 g/mol. The van der Waals surface area contributed by atoms with Gasteiger partial charge >= 0.3 is 5.82 Å². The summed E-state index contributed by atoms with van der Waals surface area (Å²) in [7, 11) is 14.4. The molecule has 13 heterocycles. The number of para-hydroxylation sites is 2. The second kappa shape index (κ2) is 82.5. The summed E-state index contributed by atoms with van der Waals surface area (Å²) < 4.78 is 14.2. The number of rotatable bonds is 26. The molecule has 2 aromatic carbocycles. The van der Waals surface area contributed by atoms with Gasteiger partial charge in [0.1, 0.15) is 24.6 Å². The molecule has 2 unspecified atom stereocenters. The Bertz CT molecular complexity index is 4020. The molecule has 0 radical (unpaired) electrons. The molecule has 32 heteroatoms. The molecule has 1 N–H and O–H groups in total.